The second-order valence-corrected chi connectivity index (χ2v) is 5.31. The largest absolute Gasteiger partial charge is 0.492 e. The molecule has 0 heterocycles. The number of thiocarbonyl (C=S) groups is 1. The molecule has 0 spiro atoms. The fraction of sp³-hybridized carbons (Fsp3) is 0.188. The van der Waals surface area contributed by atoms with Gasteiger partial charge in [0, 0.05) is 10.7 Å². The molecule has 0 bridgehead atoms. The first-order valence-corrected chi connectivity index (χ1v) is 7.44. The molecule has 0 unspecified atom stereocenters. The van der Waals surface area contributed by atoms with Crippen molar-refractivity contribution >= 4 is 40.3 Å². The summed E-state index contributed by atoms with van der Waals surface area (Å²) < 4.78 is 5.56. The fourth-order valence-corrected chi connectivity index (χ4v) is 2.25. The molecule has 0 fully saturated rings. The minimum Gasteiger partial charge on any atom is -0.492 e. The zero-order valence-corrected chi connectivity index (χ0v) is 13.5. The highest BCUT2D eigenvalue weighted by Gasteiger charge is 2.06. The van der Waals surface area contributed by atoms with Crippen LogP contribution in [0, 0.1) is 6.92 Å². The first kappa shape index (κ1) is 15.6. The zero-order chi connectivity index (χ0) is 15.2. The Morgan fingerprint density at radius 1 is 1.14 bits per heavy atom. The van der Waals surface area contributed by atoms with E-state index in [1.54, 1.807) is 0 Å². The number of para-hydroxylation sites is 2. The third kappa shape index (κ3) is 4.34. The number of aryl methyl sites for hydroxylation is 1. The average Bonchev–Trinajstić information content (AvgIpc) is 2.45. The maximum atomic E-state index is 6.00. The fourth-order valence-electron chi connectivity index (χ4n) is 1.86. The molecule has 21 heavy (non-hydrogen) atoms. The molecule has 0 aliphatic carbocycles. The zero-order valence-electron chi connectivity index (χ0n) is 11.9. The summed E-state index contributed by atoms with van der Waals surface area (Å²) >= 11 is 11.3. The van der Waals surface area contributed by atoms with Crippen molar-refractivity contribution in [2.24, 2.45) is 0 Å². The first-order chi connectivity index (χ1) is 10.1. The van der Waals surface area contributed by atoms with Gasteiger partial charge in [-0.2, -0.15) is 0 Å². The van der Waals surface area contributed by atoms with Gasteiger partial charge in [-0.15, -0.1) is 0 Å². The Morgan fingerprint density at radius 3 is 2.62 bits per heavy atom. The minimum atomic E-state index is 0.493. The lowest BCUT2D eigenvalue weighted by Crippen LogP contribution is -2.20. The highest BCUT2D eigenvalue weighted by Crippen LogP contribution is 2.25. The average molecular weight is 321 g/mol. The summed E-state index contributed by atoms with van der Waals surface area (Å²) in [5.74, 6) is 0.770. The van der Waals surface area contributed by atoms with Gasteiger partial charge in [0.25, 0.3) is 0 Å². The lowest BCUT2D eigenvalue weighted by Gasteiger charge is -2.15. The summed E-state index contributed by atoms with van der Waals surface area (Å²) in [6.07, 6.45) is 0. The van der Waals surface area contributed by atoms with Crippen molar-refractivity contribution < 1.29 is 4.74 Å². The highest BCUT2D eigenvalue weighted by molar-refractivity contribution is 7.80. The molecule has 2 rings (SSSR count). The molecule has 0 amide bonds. The Hall–Kier alpha value is -1.78. The number of halogens is 1. The molecule has 2 aromatic rings. The molecule has 0 atom stereocenters. The van der Waals surface area contributed by atoms with E-state index in [1.165, 1.54) is 0 Å². The number of nitrogens with one attached hydrogen (secondary N) is 2. The maximum Gasteiger partial charge on any atom is 0.175 e. The normalized spacial score (nSPS) is 10.0. The van der Waals surface area contributed by atoms with Crippen LogP contribution in [0.1, 0.15) is 12.5 Å². The smallest absolute Gasteiger partial charge is 0.175 e. The second-order valence-electron chi connectivity index (χ2n) is 4.47. The molecule has 0 aromatic heterocycles. The van der Waals surface area contributed by atoms with E-state index in [0.717, 1.165) is 22.7 Å². The monoisotopic (exact) mass is 320 g/mol. The van der Waals surface area contributed by atoms with Crippen molar-refractivity contribution in [1.82, 2.24) is 0 Å². The van der Waals surface area contributed by atoms with Gasteiger partial charge in [-0.3, -0.25) is 0 Å². The van der Waals surface area contributed by atoms with Crippen molar-refractivity contribution in [2.75, 3.05) is 17.2 Å². The Bertz CT molecular complexity index is 646. The third-order valence-electron chi connectivity index (χ3n) is 2.88. The van der Waals surface area contributed by atoms with Gasteiger partial charge >= 0.3 is 0 Å². The van der Waals surface area contributed by atoms with E-state index >= 15 is 0 Å². The Labute approximate surface area is 135 Å². The third-order valence-corrected chi connectivity index (χ3v) is 3.32. The summed E-state index contributed by atoms with van der Waals surface area (Å²) in [4.78, 5) is 0. The van der Waals surface area contributed by atoms with Crippen LogP contribution < -0.4 is 15.4 Å². The van der Waals surface area contributed by atoms with Crippen LogP contribution in [-0.2, 0) is 0 Å². The number of ether oxygens (including phenoxy) is 1. The summed E-state index contributed by atoms with van der Waals surface area (Å²) in [5.41, 5.74) is 2.78. The molecule has 0 aliphatic heterocycles. The Kier molecular flexibility index (Phi) is 5.42. The predicted molar refractivity (Wildman–Crippen MR) is 93.6 cm³/mol. The first-order valence-electron chi connectivity index (χ1n) is 6.66. The van der Waals surface area contributed by atoms with Gasteiger partial charge in [0.05, 0.1) is 12.3 Å². The molecule has 0 aliphatic rings. The lowest BCUT2D eigenvalue weighted by molar-refractivity contribution is 0.342. The number of rotatable bonds is 4. The second kappa shape index (κ2) is 7.29. The van der Waals surface area contributed by atoms with Crippen LogP contribution in [0.4, 0.5) is 11.4 Å². The standard InChI is InChI=1S/C16H17ClN2OS/c1-3-20-15-7-5-4-6-13(15)18-16(21)19-14-10-12(17)9-8-11(14)2/h4-10H,3H2,1-2H3,(H2,18,19,21). The van der Waals surface area contributed by atoms with Crippen LogP contribution in [0.3, 0.4) is 0 Å². The molecule has 0 radical (unpaired) electrons. The molecular weight excluding hydrogens is 304 g/mol. The van der Waals surface area contributed by atoms with E-state index < -0.39 is 0 Å². The molecule has 2 N–H and O–H groups in total. The van der Waals surface area contributed by atoms with Crippen LogP contribution in [-0.4, -0.2) is 11.7 Å². The van der Waals surface area contributed by atoms with Crippen molar-refractivity contribution in [3.8, 4) is 5.75 Å². The van der Waals surface area contributed by atoms with Crippen molar-refractivity contribution in [3.05, 3.63) is 53.1 Å². The minimum absolute atomic E-state index is 0.493. The molecule has 3 nitrogen and oxygen atoms in total. The lowest BCUT2D eigenvalue weighted by atomic mass is 10.2. The topological polar surface area (TPSA) is 33.3 Å². The van der Waals surface area contributed by atoms with Gasteiger partial charge in [0.2, 0.25) is 0 Å². The van der Waals surface area contributed by atoms with Gasteiger partial charge in [0.1, 0.15) is 5.75 Å². The van der Waals surface area contributed by atoms with Gasteiger partial charge < -0.3 is 15.4 Å². The van der Waals surface area contributed by atoms with Crippen LogP contribution in [0.5, 0.6) is 5.75 Å². The molecule has 0 saturated carbocycles. The molecule has 5 heteroatoms. The van der Waals surface area contributed by atoms with Gasteiger partial charge in [0.15, 0.2) is 5.11 Å². The van der Waals surface area contributed by atoms with Crippen LogP contribution >= 0.6 is 23.8 Å². The van der Waals surface area contributed by atoms with Gasteiger partial charge in [-0.05, 0) is 55.9 Å². The van der Waals surface area contributed by atoms with E-state index in [0.29, 0.717) is 16.7 Å². The summed E-state index contributed by atoms with van der Waals surface area (Å²) in [6.45, 7) is 4.55. The summed E-state index contributed by atoms with van der Waals surface area (Å²) in [7, 11) is 0. The van der Waals surface area contributed by atoms with E-state index in [9.17, 15) is 0 Å². The molecule has 2 aromatic carbocycles. The van der Waals surface area contributed by atoms with Crippen LogP contribution in [0.25, 0.3) is 0 Å². The number of hydrogen-bond acceptors (Lipinski definition) is 2. The van der Waals surface area contributed by atoms with Crippen molar-refractivity contribution in [2.45, 2.75) is 13.8 Å². The van der Waals surface area contributed by atoms with Crippen LogP contribution in [0.15, 0.2) is 42.5 Å². The van der Waals surface area contributed by atoms with E-state index in [-0.39, 0.29) is 0 Å². The molecular formula is C16H17ClN2OS. The quantitative estimate of drug-likeness (QED) is 0.788. The molecule has 0 saturated heterocycles. The van der Waals surface area contributed by atoms with Gasteiger partial charge in [-0.1, -0.05) is 29.8 Å². The van der Waals surface area contributed by atoms with E-state index in [2.05, 4.69) is 10.6 Å². The van der Waals surface area contributed by atoms with Crippen LogP contribution in [0.2, 0.25) is 5.02 Å². The predicted octanol–water partition coefficient (Wildman–Crippen LogP) is 4.86. The Morgan fingerprint density at radius 2 is 1.86 bits per heavy atom. The van der Waals surface area contributed by atoms with E-state index in [1.807, 2.05) is 56.3 Å². The summed E-state index contributed by atoms with van der Waals surface area (Å²) in [6, 6.07) is 13.3. The highest BCUT2D eigenvalue weighted by atomic mass is 35.5. The SMILES string of the molecule is CCOc1ccccc1NC(=S)Nc1cc(Cl)ccc1C. The summed E-state index contributed by atoms with van der Waals surface area (Å²) in [5, 5.41) is 7.45. The van der Waals surface area contributed by atoms with Crippen molar-refractivity contribution in [1.29, 1.82) is 0 Å². The number of anilines is 2. The van der Waals surface area contributed by atoms with Gasteiger partial charge in [-0.25, -0.2) is 0 Å². The van der Waals surface area contributed by atoms with E-state index in [4.69, 9.17) is 28.6 Å². The Balaban J connectivity index is 2.10. The van der Waals surface area contributed by atoms with Crippen molar-refractivity contribution in [3.63, 3.8) is 0 Å². The maximum absolute atomic E-state index is 6.00. The number of hydrogen-bond donors (Lipinski definition) is 2. The number of benzene rings is 2. The molecule has 110 valence electrons.